The third-order valence-electron chi connectivity index (χ3n) is 3.09. The highest BCUT2D eigenvalue weighted by Gasteiger charge is 2.04. The van der Waals surface area contributed by atoms with E-state index >= 15 is 0 Å². The van der Waals surface area contributed by atoms with Crippen LogP contribution in [-0.2, 0) is 6.54 Å². The fraction of sp³-hybridized carbons (Fsp3) is 0.176. The summed E-state index contributed by atoms with van der Waals surface area (Å²) in [7, 11) is 0. The fourth-order valence-electron chi connectivity index (χ4n) is 1.99. The van der Waals surface area contributed by atoms with Crippen LogP contribution in [0.3, 0.4) is 0 Å². The van der Waals surface area contributed by atoms with E-state index in [9.17, 15) is 9.59 Å². The molecule has 2 aromatic carbocycles. The molecule has 0 aliphatic carbocycles. The molecule has 0 atom stereocenters. The molecule has 0 saturated heterocycles. The standard InChI is InChI=1S/C17H19N3O3/c1-2-23-15-8-6-14(7-9-15)20-17(22)19-11-12-4-3-5-13(10-12)16(18)21/h3-10H,2,11H2,1H3,(H2,18,21)(H2,19,20,22). The van der Waals surface area contributed by atoms with Crippen molar-refractivity contribution in [1.82, 2.24) is 5.32 Å². The van der Waals surface area contributed by atoms with E-state index in [0.29, 0.717) is 24.4 Å². The lowest BCUT2D eigenvalue weighted by molar-refractivity contribution is 0.1000. The highest BCUT2D eigenvalue weighted by Crippen LogP contribution is 2.15. The summed E-state index contributed by atoms with van der Waals surface area (Å²) in [5, 5.41) is 5.44. The average molecular weight is 313 g/mol. The lowest BCUT2D eigenvalue weighted by atomic mass is 10.1. The molecule has 23 heavy (non-hydrogen) atoms. The van der Waals surface area contributed by atoms with Gasteiger partial charge in [0.15, 0.2) is 0 Å². The highest BCUT2D eigenvalue weighted by molar-refractivity contribution is 5.93. The zero-order valence-electron chi connectivity index (χ0n) is 12.8. The normalized spacial score (nSPS) is 9.96. The predicted octanol–water partition coefficient (Wildman–Crippen LogP) is 2.51. The molecule has 3 amide bonds. The molecule has 0 aliphatic heterocycles. The number of hydrogen-bond donors (Lipinski definition) is 3. The van der Waals surface area contributed by atoms with Gasteiger partial charge in [0.2, 0.25) is 5.91 Å². The molecule has 2 rings (SSSR count). The Labute approximate surface area is 134 Å². The molecule has 0 fully saturated rings. The number of amides is 3. The van der Waals surface area contributed by atoms with Crippen LogP contribution in [-0.4, -0.2) is 18.5 Å². The van der Waals surface area contributed by atoms with Crippen LogP contribution in [0.1, 0.15) is 22.8 Å². The molecule has 0 aromatic heterocycles. The van der Waals surface area contributed by atoms with Crippen molar-refractivity contribution in [3.63, 3.8) is 0 Å². The van der Waals surface area contributed by atoms with Crippen LogP contribution in [0.15, 0.2) is 48.5 Å². The molecule has 6 heteroatoms. The van der Waals surface area contributed by atoms with E-state index in [1.807, 2.05) is 13.0 Å². The minimum Gasteiger partial charge on any atom is -0.494 e. The lowest BCUT2D eigenvalue weighted by Crippen LogP contribution is -2.28. The smallest absolute Gasteiger partial charge is 0.319 e. The van der Waals surface area contributed by atoms with E-state index in [2.05, 4.69) is 10.6 Å². The van der Waals surface area contributed by atoms with E-state index in [-0.39, 0.29) is 6.03 Å². The van der Waals surface area contributed by atoms with Crippen LogP contribution < -0.4 is 21.1 Å². The van der Waals surface area contributed by atoms with Gasteiger partial charge in [-0.1, -0.05) is 12.1 Å². The molecule has 0 saturated carbocycles. The van der Waals surface area contributed by atoms with E-state index in [4.69, 9.17) is 10.5 Å². The van der Waals surface area contributed by atoms with Gasteiger partial charge in [0, 0.05) is 17.8 Å². The van der Waals surface area contributed by atoms with E-state index < -0.39 is 5.91 Å². The number of hydrogen-bond acceptors (Lipinski definition) is 3. The summed E-state index contributed by atoms with van der Waals surface area (Å²) in [5.41, 5.74) is 7.10. The van der Waals surface area contributed by atoms with Crippen LogP contribution in [0.25, 0.3) is 0 Å². The van der Waals surface area contributed by atoms with Gasteiger partial charge in [-0.05, 0) is 48.9 Å². The number of carbonyl (C=O) groups excluding carboxylic acids is 2. The number of nitrogens with one attached hydrogen (secondary N) is 2. The van der Waals surface area contributed by atoms with Crippen LogP contribution in [0, 0.1) is 0 Å². The van der Waals surface area contributed by atoms with E-state index in [1.54, 1.807) is 42.5 Å². The molecule has 120 valence electrons. The van der Waals surface area contributed by atoms with E-state index in [0.717, 1.165) is 11.3 Å². The van der Waals surface area contributed by atoms with Gasteiger partial charge in [0.1, 0.15) is 5.75 Å². The minimum absolute atomic E-state index is 0.296. The van der Waals surface area contributed by atoms with Crippen LogP contribution >= 0.6 is 0 Å². The monoisotopic (exact) mass is 313 g/mol. The predicted molar refractivity (Wildman–Crippen MR) is 88.4 cm³/mol. The Kier molecular flexibility index (Phi) is 5.57. The second kappa shape index (κ2) is 7.84. The van der Waals surface area contributed by atoms with Crippen molar-refractivity contribution < 1.29 is 14.3 Å². The van der Waals surface area contributed by atoms with Crippen LogP contribution in [0.4, 0.5) is 10.5 Å². The average Bonchev–Trinajstić information content (AvgIpc) is 2.55. The molecule has 6 nitrogen and oxygen atoms in total. The number of benzene rings is 2. The molecular weight excluding hydrogens is 294 g/mol. The third kappa shape index (κ3) is 5.03. The summed E-state index contributed by atoms with van der Waals surface area (Å²) in [6.07, 6.45) is 0. The molecule has 0 bridgehead atoms. The Balaban J connectivity index is 1.87. The zero-order valence-corrected chi connectivity index (χ0v) is 12.8. The maximum absolute atomic E-state index is 11.9. The quantitative estimate of drug-likeness (QED) is 0.765. The summed E-state index contributed by atoms with van der Waals surface area (Å²) in [6.45, 7) is 2.80. The van der Waals surface area contributed by atoms with Crippen molar-refractivity contribution in [2.24, 2.45) is 5.73 Å². The van der Waals surface area contributed by atoms with Gasteiger partial charge in [-0.3, -0.25) is 4.79 Å². The summed E-state index contributed by atoms with van der Waals surface area (Å²) in [5.74, 6) is 0.257. The van der Waals surface area contributed by atoms with E-state index in [1.165, 1.54) is 0 Å². The maximum atomic E-state index is 11.9. The first-order valence-corrected chi connectivity index (χ1v) is 7.25. The third-order valence-corrected chi connectivity index (χ3v) is 3.09. The molecular formula is C17H19N3O3. The summed E-state index contributed by atoms with van der Waals surface area (Å²) in [6, 6.07) is 13.6. The fourth-order valence-corrected chi connectivity index (χ4v) is 1.99. The van der Waals surface area contributed by atoms with Gasteiger partial charge in [-0.25, -0.2) is 4.79 Å². The number of anilines is 1. The molecule has 4 N–H and O–H groups in total. The number of rotatable bonds is 6. The van der Waals surface area contributed by atoms with Gasteiger partial charge in [-0.15, -0.1) is 0 Å². The van der Waals surface area contributed by atoms with Crippen LogP contribution in [0.5, 0.6) is 5.75 Å². The van der Waals surface area contributed by atoms with Gasteiger partial charge >= 0.3 is 6.03 Å². The molecule has 0 heterocycles. The molecule has 0 aliphatic rings. The summed E-state index contributed by atoms with van der Waals surface area (Å²) < 4.78 is 5.34. The van der Waals surface area contributed by atoms with Crippen LogP contribution in [0.2, 0.25) is 0 Å². The molecule has 0 unspecified atom stereocenters. The summed E-state index contributed by atoms with van der Waals surface area (Å²) in [4.78, 5) is 23.0. The Morgan fingerprint density at radius 1 is 1.13 bits per heavy atom. The van der Waals surface area contributed by atoms with Gasteiger partial charge in [0.25, 0.3) is 0 Å². The Hall–Kier alpha value is -3.02. The first-order valence-electron chi connectivity index (χ1n) is 7.25. The molecule has 2 aromatic rings. The second-order valence-corrected chi connectivity index (χ2v) is 4.83. The summed E-state index contributed by atoms with van der Waals surface area (Å²) >= 11 is 0. The van der Waals surface area contributed by atoms with Crippen molar-refractivity contribution in [3.8, 4) is 5.75 Å². The topological polar surface area (TPSA) is 93.4 Å². The molecule has 0 spiro atoms. The van der Waals surface area contributed by atoms with Crippen molar-refractivity contribution in [3.05, 3.63) is 59.7 Å². The number of nitrogens with two attached hydrogens (primary N) is 1. The lowest BCUT2D eigenvalue weighted by Gasteiger charge is -2.09. The van der Waals surface area contributed by atoms with Crippen molar-refractivity contribution in [2.45, 2.75) is 13.5 Å². The number of primary amides is 1. The first-order chi connectivity index (χ1) is 11.1. The second-order valence-electron chi connectivity index (χ2n) is 4.83. The number of ether oxygens (including phenoxy) is 1. The maximum Gasteiger partial charge on any atom is 0.319 e. The zero-order chi connectivity index (χ0) is 16.7. The van der Waals surface area contributed by atoms with Crippen molar-refractivity contribution in [1.29, 1.82) is 0 Å². The van der Waals surface area contributed by atoms with Gasteiger partial charge < -0.3 is 21.1 Å². The Morgan fingerprint density at radius 3 is 2.52 bits per heavy atom. The Bertz CT molecular complexity index is 684. The SMILES string of the molecule is CCOc1ccc(NC(=O)NCc2cccc(C(N)=O)c2)cc1. The Morgan fingerprint density at radius 2 is 1.87 bits per heavy atom. The number of carbonyl (C=O) groups is 2. The minimum atomic E-state index is -0.495. The highest BCUT2D eigenvalue weighted by atomic mass is 16.5. The molecule has 0 radical (unpaired) electrons. The largest absolute Gasteiger partial charge is 0.494 e. The van der Waals surface area contributed by atoms with Crippen molar-refractivity contribution in [2.75, 3.05) is 11.9 Å². The van der Waals surface area contributed by atoms with Gasteiger partial charge in [0.05, 0.1) is 6.61 Å². The first kappa shape index (κ1) is 16.4. The van der Waals surface area contributed by atoms with Gasteiger partial charge in [-0.2, -0.15) is 0 Å². The van der Waals surface area contributed by atoms with Crippen molar-refractivity contribution >= 4 is 17.6 Å². The number of urea groups is 1.